The van der Waals surface area contributed by atoms with Crippen LogP contribution in [0.25, 0.3) is 0 Å². The molecule has 0 radical (unpaired) electrons. The third-order valence-electron chi connectivity index (χ3n) is 5.48. The van der Waals surface area contributed by atoms with E-state index < -0.39 is 0 Å². The molecule has 0 aromatic carbocycles. The molecular formula is C18H24N6O. The standard InChI is InChI=1S/C18H24N6O/c1-3-14-9-19-17(20-10-14)23-7-4-5-18(13-23)6-8-24(16(18)25)15-11-21-22(2)12-15/h9-12H,3-8,13H2,1-2H3. The van der Waals surface area contributed by atoms with Gasteiger partial charge in [-0.05, 0) is 31.2 Å². The number of piperidine rings is 1. The van der Waals surface area contributed by atoms with Crippen molar-refractivity contribution in [3.05, 3.63) is 30.4 Å². The Balaban J connectivity index is 1.54. The molecule has 2 aromatic heterocycles. The number of hydrogen-bond acceptors (Lipinski definition) is 5. The van der Waals surface area contributed by atoms with Crippen molar-refractivity contribution in [1.82, 2.24) is 19.7 Å². The highest BCUT2D eigenvalue weighted by Crippen LogP contribution is 2.42. The predicted molar refractivity (Wildman–Crippen MR) is 95.5 cm³/mol. The second kappa shape index (κ2) is 6.13. The van der Waals surface area contributed by atoms with E-state index in [2.05, 4.69) is 26.9 Å². The first-order valence-electron chi connectivity index (χ1n) is 8.98. The van der Waals surface area contributed by atoms with Crippen molar-refractivity contribution in [3.8, 4) is 0 Å². The summed E-state index contributed by atoms with van der Waals surface area (Å²) >= 11 is 0. The van der Waals surface area contributed by atoms with Gasteiger partial charge in [-0.15, -0.1) is 0 Å². The van der Waals surface area contributed by atoms with Crippen LogP contribution in [0.2, 0.25) is 0 Å². The van der Waals surface area contributed by atoms with Crippen molar-refractivity contribution in [2.45, 2.75) is 32.6 Å². The van der Waals surface area contributed by atoms with E-state index in [4.69, 9.17) is 0 Å². The van der Waals surface area contributed by atoms with Crippen molar-refractivity contribution < 1.29 is 4.79 Å². The van der Waals surface area contributed by atoms with Crippen LogP contribution in [0, 0.1) is 5.41 Å². The van der Waals surface area contributed by atoms with Gasteiger partial charge in [0.2, 0.25) is 11.9 Å². The maximum absolute atomic E-state index is 13.2. The Bertz CT molecular complexity index is 770. The Kier molecular flexibility index (Phi) is 3.94. The van der Waals surface area contributed by atoms with Gasteiger partial charge in [-0.3, -0.25) is 9.48 Å². The van der Waals surface area contributed by atoms with Crippen LogP contribution < -0.4 is 9.80 Å². The van der Waals surface area contributed by atoms with Gasteiger partial charge in [0.15, 0.2) is 0 Å². The number of aromatic nitrogens is 4. The summed E-state index contributed by atoms with van der Waals surface area (Å²) < 4.78 is 1.74. The molecule has 0 bridgehead atoms. The number of anilines is 2. The first kappa shape index (κ1) is 16.1. The lowest BCUT2D eigenvalue weighted by atomic mass is 9.78. The lowest BCUT2D eigenvalue weighted by Gasteiger charge is -2.38. The molecule has 1 atom stereocenters. The molecule has 1 amide bonds. The molecule has 25 heavy (non-hydrogen) atoms. The Labute approximate surface area is 147 Å². The smallest absolute Gasteiger partial charge is 0.235 e. The average molecular weight is 340 g/mol. The van der Waals surface area contributed by atoms with Crippen LogP contribution in [0.4, 0.5) is 11.6 Å². The molecule has 2 fully saturated rings. The molecule has 2 aliphatic heterocycles. The van der Waals surface area contributed by atoms with E-state index in [-0.39, 0.29) is 11.3 Å². The molecular weight excluding hydrogens is 316 g/mol. The molecule has 7 nitrogen and oxygen atoms in total. The zero-order valence-electron chi connectivity index (χ0n) is 14.9. The minimum atomic E-state index is -0.319. The van der Waals surface area contributed by atoms with Gasteiger partial charge in [0, 0.05) is 45.3 Å². The second-order valence-corrected chi connectivity index (χ2v) is 7.13. The van der Waals surface area contributed by atoms with Gasteiger partial charge in [-0.25, -0.2) is 9.97 Å². The summed E-state index contributed by atoms with van der Waals surface area (Å²) in [4.78, 5) is 26.3. The highest BCUT2D eigenvalue weighted by molar-refractivity contribution is 6.00. The Hall–Kier alpha value is -2.44. The summed E-state index contributed by atoms with van der Waals surface area (Å²) in [6.45, 7) is 4.47. The quantitative estimate of drug-likeness (QED) is 0.852. The third kappa shape index (κ3) is 2.77. The van der Waals surface area contributed by atoms with Crippen LogP contribution in [-0.2, 0) is 18.3 Å². The number of rotatable bonds is 3. The summed E-state index contributed by atoms with van der Waals surface area (Å²) in [5.41, 5.74) is 1.71. The number of hydrogen-bond donors (Lipinski definition) is 0. The Morgan fingerprint density at radius 3 is 2.64 bits per heavy atom. The van der Waals surface area contributed by atoms with Gasteiger partial charge >= 0.3 is 0 Å². The van der Waals surface area contributed by atoms with Crippen molar-refractivity contribution in [1.29, 1.82) is 0 Å². The molecule has 4 rings (SSSR count). The van der Waals surface area contributed by atoms with Gasteiger partial charge in [0.25, 0.3) is 0 Å². The molecule has 2 aromatic rings. The monoisotopic (exact) mass is 340 g/mol. The predicted octanol–water partition coefficient (Wildman–Crippen LogP) is 1.80. The molecule has 4 heterocycles. The van der Waals surface area contributed by atoms with Gasteiger partial charge < -0.3 is 9.80 Å². The van der Waals surface area contributed by atoms with E-state index in [0.717, 1.165) is 56.0 Å². The van der Waals surface area contributed by atoms with Gasteiger partial charge in [0.1, 0.15) is 0 Å². The SMILES string of the molecule is CCc1cnc(N2CCCC3(CCN(c4cnn(C)c4)C3=O)C2)nc1. The highest BCUT2D eigenvalue weighted by Gasteiger charge is 2.49. The summed E-state index contributed by atoms with van der Waals surface area (Å²) in [6.07, 6.45) is 11.2. The van der Waals surface area contributed by atoms with Gasteiger partial charge in [-0.2, -0.15) is 5.10 Å². The summed E-state index contributed by atoms with van der Waals surface area (Å²) in [7, 11) is 1.87. The zero-order valence-corrected chi connectivity index (χ0v) is 14.9. The van der Waals surface area contributed by atoms with Crippen molar-refractivity contribution in [2.24, 2.45) is 12.5 Å². The molecule has 0 saturated carbocycles. The van der Waals surface area contributed by atoms with Crippen molar-refractivity contribution in [3.63, 3.8) is 0 Å². The van der Waals surface area contributed by atoms with Crippen molar-refractivity contribution >= 4 is 17.5 Å². The molecule has 132 valence electrons. The van der Waals surface area contributed by atoms with Gasteiger partial charge in [0.05, 0.1) is 17.3 Å². The zero-order chi connectivity index (χ0) is 17.4. The Morgan fingerprint density at radius 1 is 1.16 bits per heavy atom. The second-order valence-electron chi connectivity index (χ2n) is 7.13. The average Bonchev–Trinajstić information content (AvgIpc) is 3.20. The van der Waals surface area contributed by atoms with Crippen LogP contribution in [0.3, 0.4) is 0 Å². The van der Waals surface area contributed by atoms with E-state index in [9.17, 15) is 4.79 Å². The number of amides is 1. The van der Waals surface area contributed by atoms with E-state index >= 15 is 0 Å². The first-order chi connectivity index (χ1) is 12.1. The van der Waals surface area contributed by atoms with Crippen LogP contribution in [-0.4, -0.2) is 45.3 Å². The summed E-state index contributed by atoms with van der Waals surface area (Å²) in [5.74, 6) is 0.958. The molecule has 1 unspecified atom stereocenters. The lowest BCUT2D eigenvalue weighted by Crippen LogP contribution is -2.48. The molecule has 2 aliphatic rings. The fourth-order valence-corrected chi connectivity index (χ4v) is 3.99. The molecule has 0 aliphatic carbocycles. The fraction of sp³-hybridized carbons (Fsp3) is 0.556. The number of nitrogens with zero attached hydrogens (tertiary/aromatic N) is 6. The third-order valence-corrected chi connectivity index (χ3v) is 5.48. The van der Waals surface area contributed by atoms with Crippen molar-refractivity contribution in [2.75, 3.05) is 29.4 Å². The number of carbonyl (C=O) groups is 1. The van der Waals surface area contributed by atoms with Crippen LogP contribution in [0.15, 0.2) is 24.8 Å². The molecule has 2 saturated heterocycles. The fourth-order valence-electron chi connectivity index (χ4n) is 3.99. The van der Waals surface area contributed by atoms with Crippen LogP contribution in [0.1, 0.15) is 31.7 Å². The minimum absolute atomic E-state index is 0.218. The molecule has 0 N–H and O–H groups in total. The number of aryl methyl sites for hydroxylation is 2. The normalized spacial score (nSPS) is 23.7. The topological polar surface area (TPSA) is 67.2 Å². The Morgan fingerprint density at radius 2 is 1.96 bits per heavy atom. The van der Waals surface area contributed by atoms with E-state index in [0.29, 0.717) is 6.54 Å². The van der Waals surface area contributed by atoms with E-state index in [1.165, 1.54) is 0 Å². The first-order valence-corrected chi connectivity index (χ1v) is 8.98. The van der Waals surface area contributed by atoms with Crippen LogP contribution >= 0.6 is 0 Å². The number of carbonyl (C=O) groups excluding carboxylic acids is 1. The largest absolute Gasteiger partial charge is 0.340 e. The molecule has 7 heteroatoms. The molecule has 1 spiro atoms. The van der Waals surface area contributed by atoms with E-state index in [1.807, 2.05) is 30.5 Å². The van der Waals surface area contributed by atoms with Gasteiger partial charge in [-0.1, -0.05) is 6.92 Å². The highest BCUT2D eigenvalue weighted by atomic mass is 16.2. The van der Waals surface area contributed by atoms with Crippen LogP contribution in [0.5, 0.6) is 0 Å². The van der Waals surface area contributed by atoms with E-state index in [1.54, 1.807) is 10.9 Å². The minimum Gasteiger partial charge on any atom is -0.340 e. The maximum atomic E-state index is 13.2. The summed E-state index contributed by atoms with van der Waals surface area (Å²) in [5, 5.41) is 4.20. The maximum Gasteiger partial charge on any atom is 0.235 e. The lowest BCUT2D eigenvalue weighted by molar-refractivity contribution is -0.126. The summed E-state index contributed by atoms with van der Waals surface area (Å²) in [6, 6.07) is 0.